The lowest BCUT2D eigenvalue weighted by molar-refractivity contribution is 0.330. The van der Waals surface area contributed by atoms with Crippen LogP contribution < -0.4 is 11.1 Å². The maximum Gasteiger partial charge on any atom is 0.0223 e. The first kappa shape index (κ1) is 11.0. The summed E-state index contributed by atoms with van der Waals surface area (Å²) in [6, 6.07) is 0. The third-order valence-electron chi connectivity index (χ3n) is 2.74. The van der Waals surface area contributed by atoms with E-state index < -0.39 is 0 Å². The van der Waals surface area contributed by atoms with Crippen LogP contribution in [0.5, 0.6) is 0 Å². The van der Waals surface area contributed by atoms with Crippen molar-refractivity contribution in [1.29, 1.82) is 0 Å². The summed E-state index contributed by atoms with van der Waals surface area (Å²) in [7, 11) is 0. The number of nitrogens with one attached hydrogen (secondary N) is 1. The lowest BCUT2D eigenvalue weighted by Gasteiger charge is -2.25. The lowest BCUT2D eigenvalue weighted by atomic mass is 9.89. The third kappa shape index (κ3) is 5.27. The Balaban J connectivity index is 2.04. The van der Waals surface area contributed by atoms with Gasteiger partial charge in [0.05, 0.1) is 0 Å². The minimum atomic E-state index is -0.0608. The number of nitrogens with two attached hydrogens (primary N) is 1. The van der Waals surface area contributed by atoms with E-state index in [-0.39, 0.29) is 5.54 Å². The van der Waals surface area contributed by atoms with Gasteiger partial charge >= 0.3 is 0 Å². The van der Waals surface area contributed by atoms with E-state index in [2.05, 4.69) is 19.2 Å². The average molecular weight is 184 g/mol. The molecule has 0 bridgehead atoms. The first-order chi connectivity index (χ1) is 6.08. The van der Waals surface area contributed by atoms with E-state index in [9.17, 15) is 0 Å². The van der Waals surface area contributed by atoms with Gasteiger partial charge in [-0.05, 0) is 39.2 Å². The fourth-order valence-corrected chi connectivity index (χ4v) is 1.99. The molecular formula is C11H24N2. The summed E-state index contributed by atoms with van der Waals surface area (Å²) in [5.41, 5.74) is 5.83. The Bertz CT molecular complexity index is 132. The molecule has 1 saturated carbocycles. The third-order valence-corrected chi connectivity index (χ3v) is 2.74. The highest BCUT2D eigenvalue weighted by atomic mass is 14.9. The van der Waals surface area contributed by atoms with Gasteiger partial charge in [0.2, 0.25) is 0 Å². The van der Waals surface area contributed by atoms with Gasteiger partial charge in [-0.3, -0.25) is 0 Å². The Hall–Kier alpha value is -0.0800. The minimum absolute atomic E-state index is 0.0608. The molecule has 78 valence electrons. The van der Waals surface area contributed by atoms with E-state index in [1.807, 2.05) is 0 Å². The fraction of sp³-hybridized carbons (Fsp3) is 1.00. The summed E-state index contributed by atoms with van der Waals surface area (Å²) in [6.07, 6.45) is 7.13. The van der Waals surface area contributed by atoms with Crippen LogP contribution in [-0.4, -0.2) is 18.6 Å². The maximum absolute atomic E-state index is 5.89. The Kier molecular flexibility index (Phi) is 4.20. The second-order valence-electron chi connectivity index (χ2n) is 5.12. The van der Waals surface area contributed by atoms with Crippen molar-refractivity contribution in [2.24, 2.45) is 11.7 Å². The molecular weight excluding hydrogens is 160 g/mol. The van der Waals surface area contributed by atoms with E-state index in [1.165, 1.54) is 38.6 Å². The number of hydrogen-bond donors (Lipinski definition) is 2. The SMILES string of the molecule is CC(C)(N)CNCC1CCCCC1. The van der Waals surface area contributed by atoms with E-state index in [4.69, 9.17) is 5.73 Å². The molecule has 0 aromatic rings. The Morgan fingerprint density at radius 1 is 1.23 bits per heavy atom. The standard InChI is InChI=1S/C11H24N2/c1-11(2,12)9-13-8-10-6-4-3-5-7-10/h10,13H,3-9,12H2,1-2H3. The zero-order valence-electron chi connectivity index (χ0n) is 9.10. The molecule has 2 heteroatoms. The van der Waals surface area contributed by atoms with Crippen molar-refractivity contribution in [3.63, 3.8) is 0 Å². The molecule has 0 saturated heterocycles. The van der Waals surface area contributed by atoms with Gasteiger partial charge in [0.15, 0.2) is 0 Å². The highest BCUT2D eigenvalue weighted by Crippen LogP contribution is 2.22. The molecule has 0 radical (unpaired) electrons. The molecule has 2 nitrogen and oxygen atoms in total. The lowest BCUT2D eigenvalue weighted by Crippen LogP contribution is -2.44. The van der Waals surface area contributed by atoms with Gasteiger partial charge in [0, 0.05) is 12.1 Å². The van der Waals surface area contributed by atoms with Crippen molar-refractivity contribution < 1.29 is 0 Å². The molecule has 13 heavy (non-hydrogen) atoms. The van der Waals surface area contributed by atoms with E-state index in [1.54, 1.807) is 0 Å². The topological polar surface area (TPSA) is 38.0 Å². The predicted molar refractivity (Wildman–Crippen MR) is 57.7 cm³/mol. The maximum atomic E-state index is 5.89. The van der Waals surface area contributed by atoms with Crippen LogP contribution in [0.15, 0.2) is 0 Å². The smallest absolute Gasteiger partial charge is 0.0223 e. The van der Waals surface area contributed by atoms with Crippen molar-refractivity contribution >= 4 is 0 Å². The minimum Gasteiger partial charge on any atom is -0.324 e. The summed E-state index contributed by atoms with van der Waals surface area (Å²) in [6.45, 7) is 6.24. The molecule has 1 rings (SSSR count). The molecule has 0 aromatic carbocycles. The van der Waals surface area contributed by atoms with Crippen LogP contribution in [0.4, 0.5) is 0 Å². The first-order valence-electron chi connectivity index (χ1n) is 5.57. The molecule has 1 fully saturated rings. The normalized spacial score (nSPS) is 20.5. The Morgan fingerprint density at radius 2 is 1.85 bits per heavy atom. The molecule has 1 aliphatic rings. The van der Waals surface area contributed by atoms with Gasteiger partial charge < -0.3 is 11.1 Å². The van der Waals surface area contributed by atoms with Crippen LogP contribution in [-0.2, 0) is 0 Å². The quantitative estimate of drug-likeness (QED) is 0.700. The Labute approximate surface area is 82.3 Å². The molecule has 3 N–H and O–H groups in total. The van der Waals surface area contributed by atoms with E-state index in [0.717, 1.165) is 12.5 Å². The van der Waals surface area contributed by atoms with Gasteiger partial charge in [0.1, 0.15) is 0 Å². The highest BCUT2D eigenvalue weighted by Gasteiger charge is 2.14. The van der Waals surface area contributed by atoms with Crippen molar-refractivity contribution in [2.45, 2.75) is 51.5 Å². The van der Waals surface area contributed by atoms with Crippen LogP contribution >= 0.6 is 0 Å². The molecule has 0 spiro atoms. The van der Waals surface area contributed by atoms with Gasteiger partial charge in [-0.1, -0.05) is 19.3 Å². The monoisotopic (exact) mass is 184 g/mol. The van der Waals surface area contributed by atoms with Gasteiger partial charge in [0.25, 0.3) is 0 Å². The summed E-state index contributed by atoms with van der Waals surface area (Å²) < 4.78 is 0. The Morgan fingerprint density at radius 3 is 2.38 bits per heavy atom. The van der Waals surface area contributed by atoms with Crippen molar-refractivity contribution in [3.05, 3.63) is 0 Å². The summed E-state index contributed by atoms with van der Waals surface area (Å²) in [5.74, 6) is 0.913. The second kappa shape index (κ2) is 4.97. The van der Waals surface area contributed by atoms with Gasteiger partial charge in [-0.2, -0.15) is 0 Å². The number of hydrogen-bond acceptors (Lipinski definition) is 2. The fourth-order valence-electron chi connectivity index (χ4n) is 1.99. The summed E-state index contributed by atoms with van der Waals surface area (Å²) >= 11 is 0. The molecule has 0 atom stereocenters. The van der Waals surface area contributed by atoms with Gasteiger partial charge in [-0.15, -0.1) is 0 Å². The van der Waals surface area contributed by atoms with Crippen molar-refractivity contribution in [1.82, 2.24) is 5.32 Å². The van der Waals surface area contributed by atoms with Crippen LogP contribution in [0, 0.1) is 5.92 Å². The summed E-state index contributed by atoms with van der Waals surface area (Å²) in [5, 5.41) is 3.47. The van der Waals surface area contributed by atoms with Crippen LogP contribution in [0.1, 0.15) is 46.0 Å². The zero-order valence-corrected chi connectivity index (χ0v) is 9.10. The second-order valence-corrected chi connectivity index (χ2v) is 5.12. The van der Waals surface area contributed by atoms with E-state index >= 15 is 0 Å². The highest BCUT2D eigenvalue weighted by molar-refractivity contribution is 4.76. The molecule has 0 aromatic heterocycles. The van der Waals surface area contributed by atoms with Crippen LogP contribution in [0.3, 0.4) is 0 Å². The van der Waals surface area contributed by atoms with E-state index in [0.29, 0.717) is 0 Å². The largest absolute Gasteiger partial charge is 0.324 e. The molecule has 0 heterocycles. The first-order valence-corrected chi connectivity index (χ1v) is 5.57. The van der Waals surface area contributed by atoms with Gasteiger partial charge in [-0.25, -0.2) is 0 Å². The van der Waals surface area contributed by atoms with Crippen molar-refractivity contribution in [2.75, 3.05) is 13.1 Å². The predicted octanol–water partition coefficient (Wildman–Crippen LogP) is 1.89. The molecule has 0 amide bonds. The molecule has 1 aliphatic carbocycles. The molecule has 0 unspecified atom stereocenters. The number of rotatable bonds is 4. The summed E-state index contributed by atoms with van der Waals surface area (Å²) in [4.78, 5) is 0. The van der Waals surface area contributed by atoms with Crippen LogP contribution in [0.2, 0.25) is 0 Å². The van der Waals surface area contributed by atoms with Crippen LogP contribution in [0.25, 0.3) is 0 Å². The van der Waals surface area contributed by atoms with Crippen molar-refractivity contribution in [3.8, 4) is 0 Å². The average Bonchev–Trinajstić information content (AvgIpc) is 2.04. The molecule has 0 aliphatic heterocycles. The zero-order chi connectivity index (χ0) is 9.73.